The van der Waals surface area contributed by atoms with Gasteiger partial charge in [-0.15, -0.1) is 11.3 Å². The molecule has 0 spiro atoms. The van der Waals surface area contributed by atoms with Gasteiger partial charge >= 0.3 is 5.97 Å². The summed E-state index contributed by atoms with van der Waals surface area (Å²) in [6, 6.07) is 3.80. The van der Waals surface area contributed by atoms with E-state index in [1.807, 2.05) is 24.4 Å². The summed E-state index contributed by atoms with van der Waals surface area (Å²) in [6.07, 6.45) is -0.991. The first kappa shape index (κ1) is 10.2. The molecule has 1 aromatic rings. The maximum Gasteiger partial charge on any atom is 0.305 e. The molecule has 0 bridgehead atoms. The summed E-state index contributed by atoms with van der Waals surface area (Å²) in [4.78, 5) is 11.3. The summed E-state index contributed by atoms with van der Waals surface area (Å²) in [5, 5.41) is 19.9. The number of aliphatic hydroxyl groups is 1. The van der Waals surface area contributed by atoms with Crippen molar-refractivity contribution in [2.75, 3.05) is 0 Å². The summed E-state index contributed by atoms with van der Waals surface area (Å²) in [7, 11) is 0. The van der Waals surface area contributed by atoms with Gasteiger partial charge in [-0.05, 0) is 11.4 Å². The number of thiophene rings is 1. The third kappa shape index (κ3) is 2.82. The third-order valence-electron chi connectivity index (χ3n) is 1.95. The standard InChI is InChI=1S/C9H12O3S/c1-6(7(10)5-9(11)12)8-3-2-4-13-8/h2-4,6-7,10H,5H2,1H3,(H,11,12). The zero-order chi connectivity index (χ0) is 9.84. The monoisotopic (exact) mass is 200 g/mol. The summed E-state index contributed by atoms with van der Waals surface area (Å²) in [5.41, 5.74) is 0. The molecule has 3 nitrogen and oxygen atoms in total. The second kappa shape index (κ2) is 4.39. The Morgan fingerprint density at radius 2 is 2.38 bits per heavy atom. The third-order valence-corrected chi connectivity index (χ3v) is 3.03. The maximum absolute atomic E-state index is 10.3. The van der Waals surface area contributed by atoms with Gasteiger partial charge in [-0.25, -0.2) is 0 Å². The molecule has 0 aliphatic heterocycles. The minimum absolute atomic E-state index is 0.101. The largest absolute Gasteiger partial charge is 0.481 e. The zero-order valence-electron chi connectivity index (χ0n) is 7.30. The molecule has 2 atom stereocenters. The number of aliphatic carboxylic acids is 1. The van der Waals surface area contributed by atoms with Crippen molar-refractivity contribution in [2.45, 2.75) is 25.4 Å². The summed E-state index contributed by atoms with van der Waals surface area (Å²) in [5.74, 6) is -1.06. The van der Waals surface area contributed by atoms with E-state index < -0.39 is 12.1 Å². The Morgan fingerprint density at radius 1 is 1.69 bits per heavy atom. The molecular weight excluding hydrogens is 188 g/mol. The molecule has 0 aromatic carbocycles. The highest BCUT2D eigenvalue weighted by molar-refractivity contribution is 7.10. The van der Waals surface area contributed by atoms with E-state index in [1.165, 1.54) is 11.3 Å². The number of carbonyl (C=O) groups is 1. The lowest BCUT2D eigenvalue weighted by atomic mass is 10.0. The van der Waals surface area contributed by atoms with Gasteiger partial charge in [0, 0.05) is 10.8 Å². The Hall–Kier alpha value is -0.870. The summed E-state index contributed by atoms with van der Waals surface area (Å²) >= 11 is 1.53. The van der Waals surface area contributed by atoms with Gasteiger partial charge in [-0.1, -0.05) is 13.0 Å². The number of carboxylic acid groups (broad SMARTS) is 1. The topological polar surface area (TPSA) is 57.5 Å². The van der Waals surface area contributed by atoms with Crippen LogP contribution in [-0.2, 0) is 4.79 Å². The van der Waals surface area contributed by atoms with E-state index in [-0.39, 0.29) is 12.3 Å². The van der Waals surface area contributed by atoms with Gasteiger partial charge in [-0.3, -0.25) is 4.79 Å². The van der Waals surface area contributed by atoms with Gasteiger partial charge in [-0.2, -0.15) is 0 Å². The molecule has 72 valence electrons. The van der Waals surface area contributed by atoms with Crippen LogP contribution in [0.15, 0.2) is 17.5 Å². The van der Waals surface area contributed by atoms with Crippen molar-refractivity contribution in [3.8, 4) is 0 Å². The number of hydrogen-bond donors (Lipinski definition) is 2. The first-order valence-corrected chi connectivity index (χ1v) is 4.92. The molecule has 0 radical (unpaired) electrons. The van der Waals surface area contributed by atoms with Crippen LogP contribution in [0.5, 0.6) is 0 Å². The summed E-state index contributed by atoms with van der Waals surface area (Å²) < 4.78 is 0. The average molecular weight is 200 g/mol. The Morgan fingerprint density at radius 3 is 2.85 bits per heavy atom. The SMILES string of the molecule is CC(c1cccs1)C(O)CC(=O)O. The average Bonchev–Trinajstić information content (AvgIpc) is 2.53. The van der Waals surface area contributed by atoms with Gasteiger partial charge in [0.1, 0.15) is 0 Å². The molecule has 1 aromatic heterocycles. The van der Waals surface area contributed by atoms with Crippen molar-refractivity contribution >= 4 is 17.3 Å². The van der Waals surface area contributed by atoms with Gasteiger partial charge in [0.2, 0.25) is 0 Å². The van der Waals surface area contributed by atoms with Crippen molar-refractivity contribution in [3.05, 3.63) is 22.4 Å². The molecule has 0 saturated heterocycles. The fraction of sp³-hybridized carbons (Fsp3) is 0.444. The first-order chi connectivity index (χ1) is 6.11. The quantitative estimate of drug-likeness (QED) is 0.777. The van der Waals surface area contributed by atoms with Crippen molar-refractivity contribution < 1.29 is 15.0 Å². The number of aliphatic hydroxyl groups excluding tert-OH is 1. The van der Waals surface area contributed by atoms with Gasteiger partial charge < -0.3 is 10.2 Å². The predicted molar refractivity (Wildman–Crippen MR) is 51.0 cm³/mol. The van der Waals surface area contributed by atoms with Crippen LogP contribution in [-0.4, -0.2) is 22.3 Å². The Kier molecular flexibility index (Phi) is 3.45. The van der Waals surface area contributed by atoms with E-state index in [0.717, 1.165) is 4.88 Å². The molecule has 0 saturated carbocycles. The molecular formula is C9H12O3S. The minimum atomic E-state index is -0.962. The van der Waals surface area contributed by atoms with Crippen LogP contribution in [0.3, 0.4) is 0 Å². The lowest BCUT2D eigenvalue weighted by Crippen LogP contribution is -2.19. The van der Waals surface area contributed by atoms with Gasteiger partial charge in [0.15, 0.2) is 0 Å². The summed E-state index contributed by atoms with van der Waals surface area (Å²) in [6.45, 7) is 1.83. The van der Waals surface area contributed by atoms with Crippen LogP contribution in [0.2, 0.25) is 0 Å². The van der Waals surface area contributed by atoms with Crippen molar-refractivity contribution in [3.63, 3.8) is 0 Å². The lowest BCUT2D eigenvalue weighted by Gasteiger charge is -2.14. The minimum Gasteiger partial charge on any atom is -0.481 e. The molecule has 1 heterocycles. The Balaban J connectivity index is 2.57. The maximum atomic E-state index is 10.3. The predicted octanol–water partition coefficient (Wildman–Crippen LogP) is 1.69. The van der Waals surface area contributed by atoms with Crippen molar-refractivity contribution in [2.24, 2.45) is 0 Å². The smallest absolute Gasteiger partial charge is 0.305 e. The second-order valence-corrected chi connectivity index (χ2v) is 3.95. The lowest BCUT2D eigenvalue weighted by molar-refractivity contribution is -0.139. The second-order valence-electron chi connectivity index (χ2n) is 2.97. The van der Waals surface area contributed by atoms with Crippen LogP contribution in [0.4, 0.5) is 0 Å². The fourth-order valence-corrected chi connectivity index (χ4v) is 1.94. The fourth-order valence-electron chi connectivity index (χ4n) is 1.10. The highest BCUT2D eigenvalue weighted by atomic mass is 32.1. The van der Waals surface area contributed by atoms with E-state index in [9.17, 15) is 9.90 Å². The van der Waals surface area contributed by atoms with E-state index in [1.54, 1.807) is 0 Å². The highest BCUT2D eigenvalue weighted by Gasteiger charge is 2.19. The molecule has 4 heteroatoms. The van der Waals surface area contributed by atoms with Gasteiger partial charge in [0.05, 0.1) is 12.5 Å². The van der Waals surface area contributed by atoms with Crippen LogP contribution in [0, 0.1) is 0 Å². The molecule has 0 amide bonds. The van der Waals surface area contributed by atoms with Crippen LogP contribution in [0.25, 0.3) is 0 Å². The molecule has 13 heavy (non-hydrogen) atoms. The van der Waals surface area contributed by atoms with E-state index >= 15 is 0 Å². The van der Waals surface area contributed by atoms with E-state index in [2.05, 4.69) is 0 Å². The van der Waals surface area contributed by atoms with Crippen molar-refractivity contribution in [1.82, 2.24) is 0 Å². The van der Waals surface area contributed by atoms with E-state index in [0.29, 0.717) is 0 Å². The Bertz CT molecular complexity index is 268. The molecule has 1 rings (SSSR count). The molecule has 0 fully saturated rings. The Labute approximate surface area is 80.6 Å². The van der Waals surface area contributed by atoms with E-state index in [4.69, 9.17) is 5.11 Å². The van der Waals surface area contributed by atoms with Crippen LogP contribution in [0.1, 0.15) is 24.1 Å². The van der Waals surface area contributed by atoms with Gasteiger partial charge in [0.25, 0.3) is 0 Å². The normalized spacial score (nSPS) is 15.2. The van der Waals surface area contributed by atoms with Crippen LogP contribution >= 0.6 is 11.3 Å². The number of rotatable bonds is 4. The molecule has 0 aliphatic rings. The zero-order valence-corrected chi connectivity index (χ0v) is 8.12. The van der Waals surface area contributed by atoms with Crippen LogP contribution < -0.4 is 0 Å². The molecule has 2 unspecified atom stereocenters. The highest BCUT2D eigenvalue weighted by Crippen LogP contribution is 2.25. The molecule has 0 aliphatic carbocycles. The molecule has 2 N–H and O–H groups in total. The first-order valence-electron chi connectivity index (χ1n) is 4.04. The number of carboxylic acids is 1. The number of hydrogen-bond acceptors (Lipinski definition) is 3. The van der Waals surface area contributed by atoms with Crippen molar-refractivity contribution in [1.29, 1.82) is 0 Å².